The van der Waals surface area contributed by atoms with Crippen LogP contribution in [0, 0.1) is 0 Å². The second-order valence-corrected chi connectivity index (χ2v) is 4.79. The number of carbonyl (C=O) groups excluding carboxylic acids is 1. The van der Waals surface area contributed by atoms with Gasteiger partial charge in [-0.15, -0.1) is 0 Å². The molecule has 1 saturated heterocycles. The average molecular weight is 279 g/mol. The molecule has 1 aliphatic heterocycles. The Balaban J connectivity index is 1.83. The summed E-state index contributed by atoms with van der Waals surface area (Å²) in [7, 11) is 1.57. The molecule has 0 saturated carbocycles. The summed E-state index contributed by atoms with van der Waals surface area (Å²) in [6, 6.07) is 7.28. The van der Waals surface area contributed by atoms with Crippen LogP contribution in [0.15, 0.2) is 24.3 Å². The van der Waals surface area contributed by atoms with E-state index in [0.29, 0.717) is 18.0 Å². The number of para-hydroxylation sites is 2. The van der Waals surface area contributed by atoms with Gasteiger partial charge in [0.05, 0.1) is 13.2 Å². The third-order valence-corrected chi connectivity index (χ3v) is 3.27. The number of amides is 1. The minimum absolute atomic E-state index is 0.136. The van der Waals surface area contributed by atoms with E-state index in [1.54, 1.807) is 26.2 Å². The number of carbonyl (C=O) groups is 1. The van der Waals surface area contributed by atoms with Crippen molar-refractivity contribution in [3.05, 3.63) is 24.3 Å². The highest BCUT2D eigenvalue weighted by Crippen LogP contribution is 2.26. The van der Waals surface area contributed by atoms with Crippen LogP contribution in [-0.4, -0.2) is 38.4 Å². The lowest BCUT2D eigenvalue weighted by molar-refractivity contribution is -0.127. The van der Waals surface area contributed by atoms with E-state index in [0.717, 1.165) is 19.4 Å². The molecule has 1 aromatic rings. The van der Waals surface area contributed by atoms with Gasteiger partial charge in [0.2, 0.25) is 0 Å². The SMILES string of the molecule is COc1ccccc1O[C@@H](C)C(=O)NC[C@H]1CCCO1. The molecule has 1 amide bonds. The van der Waals surface area contributed by atoms with Crippen molar-refractivity contribution in [2.24, 2.45) is 0 Å². The van der Waals surface area contributed by atoms with Crippen molar-refractivity contribution < 1.29 is 19.0 Å². The quantitative estimate of drug-likeness (QED) is 0.862. The van der Waals surface area contributed by atoms with Crippen LogP contribution in [-0.2, 0) is 9.53 Å². The molecule has 1 aliphatic rings. The van der Waals surface area contributed by atoms with Gasteiger partial charge in [0, 0.05) is 13.2 Å². The fourth-order valence-corrected chi connectivity index (χ4v) is 2.12. The monoisotopic (exact) mass is 279 g/mol. The molecule has 1 aromatic carbocycles. The molecule has 0 radical (unpaired) electrons. The smallest absolute Gasteiger partial charge is 0.260 e. The molecule has 1 fully saturated rings. The van der Waals surface area contributed by atoms with Crippen molar-refractivity contribution >= 4 is 5.91 Å². The highest BCUT2D eigenvalue weighted by Gasteiger charge is 2.20. The number of hydrogen-bond acceptors (Lipinski definition) is 4. The summed E-state index contributed by atoms with van der Waals surface area (Å²) in [6.07, 6.45) is 1.63. The molecule has 1 heterocycles. The van der Waals surface area contributed by atoms with Gasteiger partial charge in [-0.1, -0.05) is 12.1 Å². The van der Waals surface area contributed by atoms with E-state index >= 15 is 0 Å². The Morgan fingerprint density at radius 1 is 1.45 bits per heavy atom. The third kappa shape index (κ3) is 3.87. The van der Waals surface area contributed by atoms with Crippen LogP contribution in [0.5, 0.6) is 11.5 Å². The highest BCUT2D eigenvalue weighted by molar-refractivity contribution is 5.80. The van der Waals surface area contributed by atoms with Gasteiger partial charge >= 0.3 is 0 Å². The lowest BCUT2D eigenvalue weighted by atomic mass is 10.2. The van der Waals surface area contributed by atoms with Crippen molar-refractivity contribution in [2.45, 2.75) is 32.0 Å². The second-order valence-electron chi connectivity index (χ2n) is 4.79. The predicted octanol–water partition coefficient (Wildman–Crippen LogP) is 1.76. The highest BCUT2D eigenvalue weighted by atomic mass is 16.5. The van der Waals surface area contributed by atoms with Gasteiger partial charge in [-0.3, -0.25) is 4.79 Å². The Bertz CT molecular complexity index is 443. The van der Waals surface area contributed by atoms with Gasteiger partial charge in [0.1, 0.15) is 0 Å². The van der Waals surface area contributed by atoms with Crippen LogP contribution >= 0.6 is 0 Å². The maximum absolute atomic E-state index is 12.0. The van der Waals surface area contributed by atoms with E-state index in [4.69, 9.17) is 14.2 Å². The summed E-state index contributed by atoms with van der Waals surface area (Å²) in [5.74, 6) is 1.03. The van der Waals surface area contributed by atoms with Gasteiger partial charge in [0.25, 0.3) is 5.91 Å². The molecule has 5 nitrogen and oxygen atoms in total. The molecule has 0 aromatic heterocycles. The number of hydrogen-bond donors (Lipinski definition) is 1. The van der Waals surface area contributed by atoms with Crippen molar-refractivity contribution in [1.82, 2.24) is 5.32 Å². The summed E-state index contributed by atoms with van der Waals surface area (Å²) in [4.78, 5) is 12.0. The largest absolute Gasteiger partial charge is 0.493 e. The van der Waals surface area contributed by atoms with E-state index < -0.39 is 6.10 Å². The summed E-state index contributed by atoms with van der Waals surface area (Å²) in [5.41, 5.74) is 0. The van der Waals surface area contributed by atoms with Gasteiger partial charge < -0.3 is 19.5 Å². The summed E-state index contributed by atoms with van der Waals surface area (Å²) in [5, 5.41) is 2.85. The third-order valence-electron chi connectivity index (χ3n) is 3.27. The van der Waals surface area contributed by atoms with Crippen LogP contribution < -0.4 is 14.8 Å². The minimum Gasteiger partial charge on any atom is -0.493 e. The molecule has 0 unspecified atom stereocenters. The zero-order valence-corrected chi connectivity index (χ0v) is 11.9. The van der Waals surface area contributed by atoms with E-state index in [-0.39, 0.29) is 12.0 Å². The fourth-order valence-electron chi connectivity index (χ4n) is 2.12. The molecule has 5 heteroatoms. The first-order chi connectivity index (χ1) is 9.70. The standard InChI is InChI=1S/C15H21NO4/c1-11(15(17)16-10-12-6-5-9-19-12)20-14-8-4-3-7-13(14)18-2/h3-4,7-8,11-12H,5-6,9-10H2,1-2H3,(H,16,17)/t11-,12+/m0/s1. The lowest BCUT2D eigenvalue weighted by Crippen LogP contribution is -2.40. The molecule has 0 aliphatic carbocycles. The zero-order chi connectivity index (χ0) is 14.4. The molecule has 0 spiro atoms. The number of methoxy groups -OCH3 is 1. The number of benzene rings is 1. The van der Waals surface area contributed by atoms with Gasteiger partial charge in [-0.05, 0) is 31.9 Å². The number of ether oxygens (including phenoxy) is 3. The van der Waals surface area contributed by atoms with Crippen LogP contribution in [0.25, 0.3) is 0 Å². The maximum atomic E-state index is 12.0. The molecule has 110 valence electrons. The van der Waals surface area contributed by atoms with Crippen LogP contribution in [0.2, 0.25) is 0 Å². The summed E-state index contributed by atoms with van der Waals surface area (Å²) >= 11 is 0. The molecule has 1 N–H and O–H groups in total. The average Bonchev–Trinajstić information content (AvgIpc) is 2.98. The van der Waals surface area contributed by atoms with E-state index in [1.807, 2.05) is 12.1 Å². The van der Waals surface area contributed by atoms with Crippen LogP contribution in [0.4, 0.5) is 0 Å². The van der Waals surface area contributed by atoms with Gasteiger partial charge in [0.15, 0.2) is 17.6 Å². The van der Waals surface area contributed by atoms with Crippen LogP contribution in [0.3, 0.4) is 0 Å². The van der Waals surface area contributed by atoms with E-state index in [9.17, 15) is 4.79 Å². The minimum atomic E-state index is -0.576. The molecule has 0 bridgehead atoms. The Labute approximate surface area is 119 Å². The van der Waals surface area contributed by atoms with Gasteiger partial charge in [-0.2, -0.15) is 0 Å². The second kappa shape index (κ2) is 7.14. The lowest BCUT2D eigenvalue weighted by Gasteiger charge is -2.17. The Morgan fingerprint density at radius 3 is 2.85 bits per heavy atom. The molecule has 20 heavy (non-hydrogen) atoms. The Hall–Kier alpha value is -1.75. The first kappa shape index (κ1) is 14.7. The van der Waals surface area contributed by atoms with Gasteiger partial charge in [-0.25, -0.2) is 0 Å². The first-order valence-corrected chi connectivity index (χ1v) is 6.89. The Morgan fingerprint density at radius 2 is 2.20 bits per heavy atom. The topological polar surface area (TPSA) is 56.8 Å². The molecule has 2 rings (SSSR count). The summed E-state index contributed by atoms with van der Waals surface area (Å²) in [6.45, 7) is 3.05. The normalized spacial score (nSPS) is 19.4. The number of rotatable bonds is 6. The summed E-state index contributed by atoms with van der Waals surface area (Å²) < 4.78 is 16.3. The first-order valence-electron chi connectivity index (χ1n) is 6.89. The molecular formula is C15H21NO4. The molecule has 2 atom stereocenters. The van der Waals surface area contributed by atoms with Crippen molar-refractivity contribution in [2.75, 3.05) is 20.3 Å². The van der Waals surface area contributed by atoms with Crippen molar-refractivity contribution in [3.8, 4) is 11.5 Å². The fraction of sp³-hybridized carbons (Fsp3) is 0.533. The van der Waals surface area contributed by atoms with Crippen molar-refractivity contribution in [3.63, 3.8) is 0 Å². The zero-order valence-electron chi connectivity index (χ0n) is 11.9. The predicted molar refractivity (Wildman–Crippen MR) is 75.1 cm³/mol. The van der Waals surface area contributed by atoms with Crippen molar-refractivity contribution in [1.29, 1.82) is 0 Å². The van der Waals surface area contributed by atoms with Crippen LogP contribution in [0.1, 0.15) is 19.8 Å². The Kier molecular flexibility index (Phi) is 5.24. The number of nitrogens with one attached hydrogen (secondary N) is 1. The van der Waals surface area contributed by atoms with E-state index in [2.05, 4.69) is 5.32 Å². The molecular weight excluding hydrogens is 258 g/mol. The maximum Gasteiger partial charge on any atom is 0.260 e. The van der Waals surface area contributed by atoms with E-state index in [1.165, 1.54) is 0 Å².